The van der Waals surface area contributed by atoms with Crippen molar-refractivity contribution in [1.29, 1.82) is 0 Å². The minimum atomic E-state index is 0.421. The summed E-state index contributed by atoms with van der Waals surface area (Å²) in [7, 11) is 0. The molecular weight excluding hydrogens is 412 g/mol. The van der Waals surface area contributed by atoms with Crippen LogP contribution in [0.25, 0.3) is 22.0 Å². The molecule has 2 aromatic heterocycles. The van der Waals surface area contributed by atoms with Gasteiger partial charge < -0.3 is 26.6 Å². The largest absolute Gasteiger partial charge is 0.383 e. The van der Waals surface area contributed by atoms with Crippen molar-refractivity contribution in [2.75, 3.05) is 63.4 Å². The highest BCUT2D eigenvalue weighted by atomic mass is 15.2. The molecule has 0 radical (unpaired) electrons. The van der Waals surface area contributed by atoms with Crippen molar-refractivity contribution in [2.24, 2.45) is 5.73 Å². The van der Waals surface area contributed by atoms with Crippen molar-refractivity contribution in [3.05, 3.63) is 42.4 Å². The molecule has 8 nitrogen and oxygen atoms in total. The number of pyridine rings is 1. The number of hydrogen-bond donors (Lipinski definition) is 3. The fourth-order valence-electron chi connectivity index (χ4n) is 5.08. The van der Waals surface area contributed by atoms with Crippen LogP contribution in [0, 0.1) is 0 Å². The van der Waals surface area contributed by atoms with E-state index in [4.69, 9.17) is 16.5 Å². The van der Waals surface area contributed by atoms with E-state index in [0.29, 0.717) is 18.3 Å². The Hall–Kier alpha value is -2.81. The molecule has 0 aliphatic carbocycles. The van der Waals surface area contributed by atoms with E-state index in [1.807, 2.05) is 6.07 Å². The predicted octanol–water partition coefficient (Wildman–Crippen LogP) is 2.53. The molecule has 2 saturated heterocycles. The van der Waals surface area contributed by atoms with Crippen molar-refractivity contribution >= 4 is 22.5 Å². The maximum Gasteiger partial charge on any atom is 0.134 e. The molecule has 33 heavy (non-hydrogen) atoms. The molecule has 8 heteroatoms. The number of nitrogens with two attached hydrogens (primary N) is 2. The third-order valence-corrected chi connectivity index (χ3v) is 6.91. The van der Waals surface area contributed by atoms with Crippen molar-refractivity contribution in [3.63, 3.8) is 0 Å². The number of fused-ring (bicyclic) bond motifs is 1. The second-order valence-corrected chi connectivity index (χ2v) is 9.21. The van der Waals surface area contributed by atoms with Crippen LogP contribution < -0.4 is 16.8 Å². The lowest BCUT2D eigenvalue weighted by Gasteiger charge is -2.18. The van der Waals surface area contributed by atoms with Gasteiger partial charge in [0.25, 0.3) is 0 Å². The van der Waals surface area contributed by atoms with Crippen LogP contribution in [-0.2, 0) is 0 Å². The normalized spacial score (nSPS) is 19.5. The van der Waals surface area contributed by atoms with Crippen LogP contribution in [0.5, 0.6) is 0 Å². The molecule has 0 amide bonds. The number of benzene rings is 1. The highest BCUT2D eigenvalue weighted by molar-refractivity contribution is 5.91. The lowest BCUT2D eigenvalue weighted by Crippen LogP contribution is -2.27. The number of hydrogen-bond acceptors (Lipinski definition) is 8. The summed E-state index contributed by atoms with van der Waals surface area (Å²) in [5.41, 5.74) is 16.2. The maximum atomic E-state index is 6.14. The number of aromatic nitrogens is 3. The van der Waals surface area contributed by atoms with Crippen LogP contribution in [0.2, 0.25) is 0 Å². The molecule has 1 atom stereocenters. The number of rotatable bonds is 8. The van der Waals surface area contributed by atoms with Gasteiger partial charge in [0.2, 0.25) is 0 Å². The van der Waals surface area contributed by atoms with Gasteiger partial charge in [0.1, 0.15) is 18.0 Å². The zero-order valence-electron chi connectivity index (χ0n) is 19.2. The lowest BCUT2D eigenvalue weighted by molar-refractivity contribution is 0.343. The molecule has 3 aromatic rings. The van der Waals surface area contributed by atoms with Gasteiger partial charge in [0, 0.05) is 49.7 Å². The molecule has 2 aliphatic heterocycles. The first kappa shape index (κ1) is 22.0. The van der Waals surface area contributed by atoms with Gasteiger partial charge in [-0.2, -0.15) is 0 Å². The average Bonchev–Trinajstić information content (AvgIpc) is 3.52. The van der Waals surface area contributed by atoms with Crippen LogP contribution in [0.1, 0.15) is 30.9 Å². The van der Waals surface area contributed by atoms with Gasteiger partial charge in [-0.15, -0.1) is 0 Å². The van der Waals surface area contributed by atoms with E-state index in [1.54, 1.807) is 0 Å². The second kappa shape index (κ2) is 9.99. The van der Waals surface area contributed by atoms with Gasteiger partial charge in [0.05, 0.1) is 5.52 Å². The van der Waals surface area contributed by atoms with Crippen LogP contribution in [0.4, 0.5) is 11.6 Å². The molecule has 174 valence electrons. The first-order chi connectivity index (χ1) is 16.2. The molecule has 4 heterocycles. The standard InChI is InChI=1S/C25H34N8/c26-6-11-33-10-5-19(16-33)23-14-20(15-24(31-23)28-7-12-32-8-1-2-9-32)18-3-4-22-21(13-18)25(27)30-17-29-22/h3-4,13-15,17,19H,1-2,5-12,16,26H2,(H,28,31)(H2,27,29,30). The van der Waals surface area contributed by atoms with Crippen molar-refractivity contribution < 1.29 is 0 Å². The number of nitrogens with one attached hydrogen (secondary N) is 1. The minimum Gasteiger partial charge on any atom is -0.383 e. The SMILES string of the molecule is NCCN1CCC(c2cc(-c3ccc4ncnc(N)c4c3)cc(NCCN3CCCC3)n2)C1. The van der Waals surface area contributed by atoms with E-state index in [1.165, 1.54) is 32.3 Å². The molecular formula is C25H34N8. The quantitative estimate of drug-likeness (QED) is 0.484. The monoisotopic (exact) mass is 446 g/mol. The van der Waals surface area contributed by atoms with Crippen molar-refractivity contribution in [1.82, 2.24) is 24.8 Å². The molecule has 0 spiro atoms. The van der Waals surface area contributed by atoms with Crippen LogP contribution in [0.15, 0.2) is 36.7 Å². The van der Waals surface area contributed by atoms with Crippen LogP contribution >= 0.6 is 0 Å². The predicted molar refractivity (Wildman–Crippen MR) is 134 cm³/mol. The Kier molecular flexibility index (Phi) is 6.66. The van der Waals surface area contributed by atoms with Gasteiger partial charge >= 0.3 is 0 Å². The van der Waals surface area contributed by atoms with E-state index in [0.717, 1.165) is 72.7 Å². The smallest absolute Gasteiger partial charge is 0.134 e. The molecule has 5 N–H and O–H groups in total. The zero-order valence-corrected chi connectivity index (χ0v) is 19.2. The maximum absolute atomic E-state index is 6.14. The Morgan fingerprint density at radius 3 is 2.70 bits per heavy atom. The highest BCUT2D eigenvalue weighted by Crippen LogP contribution is 2.32. The second-order valence-electron chi connectivity index (χ2n) is 9.21. The summed E-state index contributed by atoms with van der Waals surface area (Å²) in [6.07, 6.45) is 5.25. The van der Waals surface area contributed by atoms with E-state index in [2.05, 4.69) is 49.4 Å². The van der Waals surface area contributed by atoms with E-state index in [9.17, 15) is 0 Å². The van der Waals surface area contributed by atoms with E-state index < -0.39 is 0 Å². The van der Waals surface area contributed by atoms with Gasteiger partial charge in [-0.05, 0) is 74.3 Å². The average molecular weight is 447 g/mol. The Bertz CT molecular complexity index is 1090. The summed E-state index contributed by atoms with van der Waals surface area (Å²) >= 11 is 0. The molecule has 0 saturated carbocycles. The minimum absolute atomic E-state index is 0.421. The third-order valence-electron chi connectivity index (χ3n) is 6.91. The molecule has 1 unspecified atom stereocenters. The topological polar surface area (TPSA) is 109 Å². The van der Waals surface area contributed by atoms with Crippen molar-refractivity contribution in [2.45, 2.75) is 25.2 Å². The molecule has 2 fully saturated rings. The molecule has 0 bridgehead atoms. The fourth-order valence-corrected chi connectivity index (χ4v) is 5.08. The number of anilines is 2. The van der Waals surface area contributed by atoms with E-state index >= 15 is 0 Å². The first-order valence-corrected chi connectivity index (χ1v) is 12.1. The van der Waals surface area contributed by atoms with E-state index in [-0.39, 0.29) is 0 Å². The fraction of sp³-hybridized carbons (Fsp3) is 0.480. The van der Waals surface area contributed by atoms with Gasteiger partial charge in [-0.1, -0.05) is 6.07 Å². The third kappa shape index (κ3) is 5.08. The van der Waals surface area contributed by atoms with Gasteiger partial charge in [-0.3, -0.25) is 0 Å². The summed E-state index contributed by atoms with van der Waals surface area (Å²) in [5.74, 6) is 1.87. The Labute approximate surface area is 195 Å². The summed E-state index contributed by atoms with van der Waals surface area (Å²) in [6, 6.07) is 10.6. The lowest BCUT2D eigenvalue weighted by atomic mass is 9.98. The molecule has 2 aliphatic rings. The number of likely N-dealkylation sites (tertiary alicyclic amines) is 2. The highest BCUT2D eigenvalue weighted by Gasteiger charge is 2.25. The van der Waals surface area contributed by atoms with Gasteiger partial charge in [0.15, 0.2) is 0 Å². The number of nitrogen functional groups attached to an aromatic ring is 1. The van der Waals surface area contributed by atoms with Crippen LogP contribution in [-0.4, -0.2) is 77.1 Å². The Morgan fingerprint density at radius 1 is 0.970 bits per heavy atom. The zero-order chi connectivity index (χ0) is 22.6. The van der Waals surface area contributed by atoms with Gasteiger partial charge in [-0.25, -0.2) is 15.0 Å². The summed E-state index contributed by atoms with van der Waals surface area (Å²) < 4.78 is 0. The Balaban J connectivity index is 1.43. The van der Waals surface area contributed by atoms with Crippen molar-refractivity contribution in [3.8, 4) is 11.1 Å². The first-order valence-electron chi connectivity index (χ1n) is 12.1. The summed E-state index contributed by atoms with van der Waals surface area (Å²) in [6.45, 7) is 8.11. The summed E-state index contributed by atoms with van der Waals surface area (Å²) in [4.78, 5) is 18.5. The number of nitrogens with zero attached hydrogens (tertiary/aromatic N) is 5. The summed E-state index contributed by atoms with van der Waals surface area (Å²) in [5, 5.41) is 4.48. The van der Waals surface area contributed by atoms with Crippen LogP contribution in [0.3, 0.4) is 0 Å². The Morgan fingerprint density at radius 2 is 1.85 bits per heavy atom. The molecule has 1 aromatic carbocycles. The molecule has 5 rings (SSSR count).